The maximum atomic E-state index is 12.8. The number of rotatable bonds is 3. The fourth-order valence-corrected chi connectivity index (χ4v) is 4.40. The lowest BCUT2D eigenvalue weighted by molar-refractivity contribution is 0.102. The van der Waals surface area contributed by atoms with E-state index in [4.69, 9.17) is 9.26 Å². The van der Waals surface area contributed by atoms with Gasteiger partial charge in [-0.25, -0.2) is 0 Å². The summed E-state index contributed by atoms with van der Waals surface area (Å²) in [7, 11) is 0. The fourth-order valence-electron chi connectivity index (χ4n) is 3.23. The normalized spacial score (nSPS) is 13.5. The number of aromatic nitrogens is 2. The van der Waals surface area contributed by atoms with Crippen LogP contribution in [0.4, 0.5) is 5.00 Å². The van der Waals surface area contributed by atoms with E-state index in [2.05, 4.69) is 15.5 Å². The highest BCUT2D eigenvalue weighted by Crippen LogP contribution is 2.42. The van der Waals surface area contributed by atoms with Gasteiger partial charge in [0.15, 0.2) is 5.82 Å². The Morgan fingerprint density at radius 3 is 2.65 bits per heavy atom. The molecule has 7 heteroatoms. The highest BCUT2D eigenvalue weighted by Gasteiger charge is 2.27. The summed E-state index contributed by atoms with van der Waals surface area (Å²) in [5.74, 6) is 0.866. The molecule has 3 aromatic rings. The van der Waals surface area contributed by atoms with Crippen molar-refractivity contribution in [3.63, 3.8) is 0 Å². The lowest BCUT2D eigenvalue weighted by Gasteiger charge is -2.12. The first-order chi connectivity index (χ1) is 12.5. The second kappa shape index (κ2) is 6.66. The van der Waals surface area contributed by atoms with E-state index in [1.165, 1.54) is 11.3 Å². The Morgan fingerprint density at radius 1 is 1.19 bits per heavy atom. The quantitative estimate of drug-likeness (QED) is 0.754. The van der Waals surface area contributed by atoms with E-state index in [9.17, 15) is 4.79 Å². The summed E-state index contributed by atoms with van der Waals surface area (Å²) in [6.45, 7) is 6.94. The molecule has 0 fully saturated rings. The molecule has 1 aliphatic heterocycles. The molecule has 0 saturated heterocycles. The minimum atomic E-state index is -0.145. The Kier molecular flexibility index (Phi) is 4.34. The molecule has 6 nitrogen and oxygen atoms in total. The third kappa shape index (κ3) is 3.15. The topological polar surface area (TPSA) is 77.3 Å². The Balaban J connectivity index is 1.74. The summed E-state index contributed by atoms with van der Waals surface area (Å²) < 4.78 is 11.0. The van der Waals surface area contributed by atoms with Gasteiger partial charge in [-0.2, -0.15) is 4.98 Å². The van der Waals surface area contributed by atoms with E-state index < -0.39 is 0 Å². The van der Waals surface area contributed by atoms with Crippen molar-refractivity contribution in [3.05, 3.63) is 51.2 Å². The lowest BCUT2D eigenvalue weighted by Crippen LogP contribution is -2.12. The fraction of sp³-hybridized carbons (Fsp3) is 0.316. The number of ether oxygens (including phenoxy) is 1. The van der Waals surface area contributed by atoms with E-state index in [1.807, 2.05) is 32.0 Å². The zero-order valence-electron chi connectivity index (χ0n) is 14.9. The van der Waals surface area contributed by atoms with E-state index in [-0.39, 0.29) is 5.91 Å². The maximum absolute atomic E-state index is 12.8. The van der Waals surface area contributed by atoms with Gasteiger partial charge in [0.2, 0.25) is 0 Å². The van der Waals surface area contributed by atoms with Crippen molar-refractivity contribution in [2.45, 2.75) is 33.8 Å². The van der Waals surface area contributed by atoms with E-state index in [0.717, 1.165) is 38.6 Å². The van der Waals surface area contributed by atoms with Crippen LogP contribution >= 0.6 is 11.3 Å². The highest BCUT2D eigenvalue weighted by atomic mass is 32.1. The molecule has 1 aromatic carbocycles. The van der Waals surface area contributed by atoms with Gasteiger partial charge >= 0.3 is 0 Å². The molecule has 0 bridgehead atoms. The number of anilines is 1. The number of amides is 1. The molecule has 1 aliphatic rings. The minimum Gasteiger partial charge on any atom is -0.376 e. The Morgan fingerprint density at radius 2 is 1.96 bits per heavy atom. The molecule has 1 N–H and O–H groups in total. The van der Waals surface area contributed by atoms with Crippen LogP contribution in [0.3, 0.4) is 0 Å². The van der Waals surface area contributed by atoms with Crippen LogP contribution in [0.1, 0.15) is 37.7 Å². The number of nitrogens with one attached hydrogen (secondary N) is 1. The lowest BCUT2D eigenvalue weighted by atomic mass is 10.0. The summed E-state index contributed by atoms with van der Waals surface area (Å²) in [5.41, 5.74) is 4.70. The number of fused-ring (bicyclic) bond motifs is 1. The standard InChI is InChI=1S/C19H19N3O3S/c1-10-6-11(2)8-13(7-10)17(23)21-19-16(18-20-12(3)22-25-18)14-4-5-24-9-15(14)26-19/h6-8H,4-5,9H2,1-3H3,(H,21,23). The number of carbonyl (C=O) groups excluding carboxylic acids is 1. The number of carbonyl (C=O) groups is 1. The molecule has 0 unspecified atom stereocenters. The van der Waals surface area contributed by atoms with Gasteiger partial charge in [-0.15, -0.1) is 11.3 Å². The van der Waals surface area contributed by atoms with Gasteiger partial charge in [0.05, 0.1) is 18.8 Å². The van der Waals surface area contributed by atoms with Crippen molar-refractivity contribution < 1.29 is 14.1 Å². The molecule has 0 radical (unpaired) electrons. The number of nitrogens with zero attached hydrogens (tertiary/aromatic N) is 2. The van der Waals surface area contributed by atoms with Crippen molar-refractivity contribution in [1.29, 1.82) is 0 Å². The Bertz CT molecular complexity index is 970. The number of benzene rings is 1. The minimum absolute atomic E-state index is 0.145. The number of hydrogen-bond acceptors (Lipinski definition) is 6. The Labute approximate surface area is 155 Å². The van der Waals surface area contributed by atoms with Gasteiger partial charge < -0.3 is 14.6 Å². The first-order valence-electron chi connectivity index (χ1n) is 8.44. The van der Waals surface area contributed by atoms with Crippen LogP contribution < -0.4 is 5.32 Å². The van der Waals surface area contributed by atoms with Crippen molar-refractivity contribution in [1.82, 2.24) is 10.1 Å². The van der Waals surface area contributed by atoms with Crippen LogP contribution in [0.15, 0.2) is 22.7 Å². The molecule has 2 aromatic heterocycles. The maximum Gasteiger partial charge on any atom is 0.261 e. The molecular weight excluding hydrogens is 350 g/mol. The van der Waals surface area contributed by atoms with Crippen LogP contribution in [-0.4, -0.2) is 22.7 Å². The SMILES string of the molecule is Cc1cc(C)cc(C(=O)Nc2sc3c(c2-c2nc(C)no2)CCOC3)c1. The Hall–Kier alpha value is -2.51. The van der Waals surface area contributed by atoms with Crippen LogP contribution in [-0.2, 0) is 17.8 Å². The average molecular weight is 369 g/mol. The third-order valence-electron chi connectivity index (χ3n) is 4.27. The van der Waals surface area contributed by atoms with Gasteiger partial charge in [0.1, 0.15) is 5.00 Å². The van der Waals surface area contributed by atoms with Gasteiger partial charge in [0, 0.05) is 10.4 Å². The molecule has 0 saturated carbocycles. The van der Waals surface area contributed by atoms with E-state index in [1.54, 1.807) is 6.92 Å². The van der Waals surface area contributed by atoms with Crippen LogP contribution in [0.2, 0.25) is 0 Å². The van der Waals surface area contributed by atoms with E-state index >= 15 is 0 Å². The smallest absolute Gasteiger partial charge is 0.261 e. The van der Waals surface area contributed by atoms with Crippen molar-refractivity contribution >= 4 is 22.2 Å². The molecule has 0 aliphatic carbocycles. The van der Waals surface area contributed by atoms with Crippen LogP contribution in [0.5, 0.6) is 0 Å². The largest absolute Gasteiger partial charge is 0.376 e. The molecule has 26 heavy (non-hydrogen) atoms. The molecule has 4 rings (SSSR count). The second-order valence-electron chi connectivity index (χ2n) is 6.49. The molecular formula is C19H19N3O3S. The number of aryl methyl sites for hydroxylation is 3. The van der Waals surface area contributed by atoms with Gasteiger partial charge in [-0.3, -0.25) is 4.79 Å². The van der Waals surface area contributed by atoms with Crippen LogP contribution in [0, 0.1) is 20.8 Å². The zero-order valence-corrected chi connectivity index (χ0v) is 15.7. The second-order valence-corrected chi connectivity index (χ2v) is 7.59. The zero-order chi connectivity index (χ0) is 18.3. The monoisotopic (exact) mass is 369 g/mol. The number of hydrogen-bond donors (Lipinski definition) is 1. The summed E-state index contributed by atoms with van der Waals surface area (Å²) in [5, 5.41) is 7.67. The highest BCUT2D eigenvalue weighted by molar-refractivity contribution is 7.17. The van der Waals surface area contributed by atoms with Crippen LogP contribution in [0.25, 0.3) is 11.5 Å². The van der Waals surface area contributed by atoms with Gasteiger partial charge in [-0.1, -0.05) is 22.3 Å². The first kappa shape index (κ1) is 16.9. The van der Waals surface area contributed by atoms with E-state index in [0.29, 0.717) is 30.5 Å². The number of thiophene rings is 1. The summed E-state index contributed by atoms with van der Waals surface area (Å²) >= 11 is 1.51. The molecule has 134 valence electrons. The summed E-state index contributed by atoms with van der Waals surface area (Å²) in [4.78, 5) is 18.3. The average Bonchev–Trinajstić information content (AvgIpc) is 3.16. The van der Waals surface area contributed by atoms with Crippen molar-refractivity contribution in [2.75, 3.05) is 11.9 Å². The van der Waals surface area contributed by atoms with Gasteiger partial charge in [0.25, 0.3) is 11.8 Å². The summed E-state index contributed by atoms with van der Waals surface area (Å²) in [6, 6.07) is 5.82. The first-order valence-corrected chi connectivity index (χ1v) is 9.25. The predicted molar refractivity (Wildman–Crippen MR) is 99.6 cm³/mol. The van der Waals surface area contributed by atoms with Crippen molar-refractivity contribution in [3.8, 4) is 11.5 Å². The molecule has 0 atom stereocenters. The third-order valence-corrected chi connectivity index (χ3v) is 5.39. The molecule has 3 heterocycles. The molecule has 1 amide bonds. The van der Waals surface area contributed by atoms with Crippen molar-refractivity contribution in [2.24, 2.45) is 0 Å². The molecule has 0 spiro atoms. The summed E-state index contributed by atoms with van der Waals surface area (Å²) in [6.07, 6.45) is 0.766. The predicted octanol–water partition coefficient (Wildman–Crippen LogP) is 4.05. The van der Waals surface area contributed by atoms with Gasteiger partial charge in [-0.05, 0) is 44.9 Å².